The maximum absolute atomic E-state index is 5.89. The van der Waals surface area contributed by atoms with E-state index in [9.17, 15) is 0 Å². The van der Waals surface area contributed by atoms with Gasteiger partial charge in [-0.3, -0.25) is 0 Å². The molecular weight excluding hydrogens is 200 g/mol. The minimum Gasteiger partial charge on any atom is -0.378 e. The van der Waals surface area contributed by atoms with Crippen molar-refractivity contribution in [2.24, 2.45) is 17.1 Å². The molecule has 0 spiro atoms. The zero-order valence-corrected chi connectivity index (χ0v) is 11.1. The van der Waals surface area contributed by atoms with Gasteiger partial charge in [-0.1, -0.05) is 13.8 Å². The highest BCUT2D eigenvalue weighted by Gasteiger charge is 2.27. The van der Waals surface area contributed by atoms with E-state index in [1.165, 1.54) is 6.42 Å². The molecule has 3 heteroatoms. The first-order chi connectivity index (χ1) is 7.67. The van der Waals surface area contributed by atoms with Crippen LogP contribution in [0.15, 0.2) is 0 Å². The van der Waals surface area contributed by atoms with E-state index in [-0.39, 0.29) is 0 Å². The Kier molecular flexibility index (Phi) is 5.73. The molecule has 2 unspecified atom stereocenters. The highest BCUT2D eigenvalue weighted by molar-refractivity contribution is 4.82. The molecule has 16 heavy (non-hydrogen) atoms. The van der Waals surface area contributed by atoms with E-state index >= 15 is 0 Å². The average Bonchev–Trinajstić information content (AvgIpc) is 2.71. The van der Waals surface area contributed by atoms with Gasteiger partial charge in [0.05, 0.1) is 6.10 Å². The largest absolute Gasteiger partial charge is 0.378 e. The van der Waals surface area contributed by atoms with Crippen molar-refractivity contribution < 1.29 is 4.74 Å². The number of ether oxygens (including phenoxy) is 1. The molecule has 0 amide bonds. The van der Waals surface area contributed by atoms with Crippen LogP contribution in [0.25, 0.3) is 0 Å². The molecule has 1 aliphatic rings. The number of nitrogens with one attached hydrogen (secondary N) is 1. The maximum Gasteiger partial charge on any atom is 0.0588 e. The lowest BCUT2D eigenvalue weighted by Crippen LogP contribution is -2.41. The van der Waals surface area contributed by atoms with Crippen molar-refractivity contribution >= 4 is 0 Å². The van der Waals surface area contributed by atoms with Gasteiger partial charge in [-0.2, -0.15) is 0 Å². The first-order valence-corrected chi connectivity index (χ1v) is 6.70. The van der Waals surface area contributed by atoms with Crippen molar-refractivity contribution in [2.45, 2.75) is 46.1 Å². The summed E-state index contributed by atoms with van der Waals surface area (Å²) in [5, 5.41) is 3.59. The lowest BCUT2D eigenvalue weighted by Gasteiger charge is -2.31. The zero-order valence-electron chi connectivity index (χ0n) is 11.1. The number of rotatable bonds is 7. The van der Waals surface area contributed by atoms with Crippen molar-refractivity contribution in [3.05, 3.63) is 0 Å². The monoisotopic (exact) mass is 228 g/mol. The van der Waals surface area contributed by atoms with Crippen LogP contribution in [0.2, 0.25) is 0 Å². The topological polar surface area (TPSA) is 47.3 Å². The molecule has 1 saturated heterocycles. The maximum atomic E-state index is 5.89. The Labute approximate surface area is 100 Å². The predicted molar refractivity (Wildman–Crippen MR) is 68.5 cm³/mol. The van der Waals surface area contributed by atoms with Crippen LogP contribution in [0, 0.1) is 11.3 Å². The van der Waals surface area contributed by atoms with Gasteiger partial charge in [-0.15, -0.1) is 0 Å². The summed E-state index contributed by atoms with van der Waals surface area (Å²) < 4.78 is 5.56. The van der Waals surface area contributed by atoms with E-state index in [1.807, 2.05) is 0 Å². The van der Waals surface area contributed by atoms with E-state index in [0.717, 1.165) is 39.1 Å². The van der Waals surface area contributed by atoms with E-state index in [0.29, 0.717) is 17.4 Å². The summed E-state index contributed by atoms with van der Waals surface area (Å²) in [5.74, 6) is 0.684. The molecule has 0 aromatic rings. The second kappa shape index (κ2) is 6.58. The molecule has 1 aliphatic heterocycles. The summed E-state index contributed by atoms with van der Waals surface area (Å²) >= 11 is 0. The molecule has 0 aliphatic carbocycles. The SMILES string of the molecule is CCC(CC)(CN)CNCC1CCOC1C. The summed E-state index contributed by atoms with van der Waals surface area (Å²) in [5.41, 5.74) is 6.18. The molecule has 3 N–H and O–H groups in total. The van der Waals surface area contributed by atoms with Crippen molar-refractivity contribution in [3.63, 3.8) is 0 Å². The van der Waals surface area contributed by atoms with Crippen molar-refractivity contribution in [2.75, 3.05) is 26.2 Å². The molecule has 0 aromatic heterocycles. The average molecular weight is 228 g/mol. The van der Waals surface area contributed by atoms with Crippen molar-refractivity contribution in [1.82, 2.24) is 5.32 Å². The Balaban J connectivity index is 2.27. The second-order valence-corrected chi connectivity index (χ2v) is 5.17. The van der Waals surface area contributed by atoms with Gasteiger partial charge in [-0.25, -0.2) is 0 Å². The molecule has 0 bridgehead atoms. The highest BCUT2D eigenvalue weighted by Crippen LogP contribution is 2.24. The molecule has 1 fully saturated rings. The zero-order chi connectivity index (χ0) is 12.0. The van der Waals surface area contributed by atoms with Crippen molar-refractivity contribution in [3.8, 4) is 0 Å². The van der Waals surface area contributed by atoms with Crippen LogP contribution < -0.4 is 11.1 Å². The van der Waals surface area contributed by atoms with Crippen LogP contribution in [0.4, 0.5) is 0 Å². The van der Waals surface area contributed by atoms with Crippen LogP contribution >= 0.6 is 0 Å². The summed E-state index contributed by atoms with van der Waals surface area (Å²) in [4.78, 5) is 0. The molecule has 1 heterocycles. The van der Waals surface area contributed by atoms with Crippen LogP contribution in [0.3, 0.4) is 0 Å². The lowest BCUT2D eigenvalue weighted by molar-refractivity contribution is 0.104. The Morgan fingerprint density at radius 2 is 2.06 bits per heavy atom. The van der Waals surface area contributed by atoms with Crippen LogP contribution in [0.1, 0.15) is 40.0 Å². The molecule has 96 valence electrons. The van der Waals surface area contributed by atoms with Gasteiger partial charge < -0.3 is 15.8 Å². The second-order valence-electron chi connectivity index (χ2n) is 5.17. The summed E-state index contributed by atoms with van der Waals surface area (Å²) in [6, 6.07) is 0. The predicted octanol–water partition coefficient (Wildman–Crippen LogP) is 1.77. The van der Waals surface area contributed by atoms with Gasteiger partial charge in [0.15, 0.2) is 0 Å². The van der Waals surface area contributed by atoms with Gasteiger partial charge >= 0.3 is 0 Å². The highest BCUT2D eigenvalue weighted by atomic mass is 16.5. The Hall–Kier alpha value is -0.120. The normalized spacial score (nSPS) is 26.2. The first-order valence-electron chi connectivity index (χ1n) is 6.70. The van der Waals surface area contributed by atoms with E-state index in [4.69, 9.17) is 10.5 Å². The van der Waals surface area contributed by atoms with E-state index < -0.39 is 0 Å². The molecule has 0 saturated carbocycles. The third-order valence-electron chi connectivity index (χ3n) is 4.37. The van der Waals surface area contributed by atoms with Gasteiger partial charge in [0, 0.05) is 19.7 Å². The minimum atomic E-state index is 0.294. The van der Waals surface area contributed by atoms with Gasteiger partial charge in [-0.05, 0) is 44.1 Å². The first kappa shape index (κ1) is 13.9. The van der Waals surface area contributed by atoms with E-state index in [1.54, 1.807) is 0 Å². The van der Waals surface area contributed by atoms with Gasteiger partial charge in [0.2, 0.25) is 0 Å². The third-order valence-corrected chi connectivity index (χ3v) is 4.37. The Morgan fingerprint density at radius 1 is 1.38 bits per heavy atom. The number of nitrogens with two attached hydrogens (primary N) is 1. The van der Waals surface area contributed by atoms with Gasteiger partial charge in [0.25, 0.3) is 0 Å². The minimum absolute atomic E-state index is 0.294. The fourth-order valence-corrected chi connectivity index (χ4v) is 2.43. The molecule has 0 aromatic carbocycles. The molecule has 0 radical (unpaired) electrons. The molecule has 1 rings (SSSR count). The molecule has 3 nitrogen and oxygen atoms in total. The lowest BCUT2D eigenvalue weighted by atomic mass is 9.82. The third kappa shape index (κ3) is 3.44. The standard InChI is InChI=1S/C13H28N2O/c1-4-13(5-2,9-14)10-15-8-12-6-7-16-11(12)3/h11-12,15H,4-10,14H2,1-3H3. The van der Waals surface area contributed by atoms with Crippen LogP contribution in [-0.2, 0) is 4.74 Å². The van der Waals surface area contributed by atoms with Crippen LogP contribution in [0.5, 0.6) is 0 Å². The van der Waals surface area contributed by atoms with E-state index in [2.05, 4.69) is 26.1 Å². The molecule has 2 atom stereocenters. The Bertz CT molecular complexity index is 184. The Morgan fingerprint density at radius 3 is 2.50 bits per heavy atom. The molecular formula is C13H28N2O. The number of hydrogen-bond acceptors (Lipinski definition) is 3. The summed E-state index contributed by atoms with van der Waals surface area (Å²) in [6.45, 7) is 10.5. The smallest absolute Gasteiger partial charge is 0.0588 e. The number of hydrogen-bond donors (Lipinski definition) is 2. The fraction of sp³-hybridized carbons (Fsp3) is 1.00. The van der Waals surface area contributed by atoms with Crippen molar-refractivity contribution in [1.29, 1.82) is 0 Å². The fourth-order valence-electron chi connectivity index (χ4n) is 2.43. The van der Waals surface area contributed by atoms with Crippen LogP contribution in [-0.4, -0.2) is 32.3 Å². The summed E-state index contributed by atoms with van der Waals surface area (Å²) in [7, 11) is 0. The summed E-state index contributed by atoms with van der Waals surface area (Å²) in [6.07, 6.45) is 3.93. The van der Waals surface area contributed by atoms with Gasteiger partial charge in [0.1, 0.15) is 0 Å². The quantitative estimate of drug-likeness (QED) is 0.698.